The zero-order valence-electron chi connectivity index (χ0n) is 9.99. The number of hydrazone groups is 1. The number of nitrogens with two attached hydrogens (primary N) is 1. The molecule has 0 aliphatic heterocycles. The molecule has 0 bridgehead atoms. The molecule has 0 atom stereocenters. The van der Waals surface area contributed by atoms with Crippen LogP contribution < -0.4 is 15.9 Å². The lowest BCUT2D eigenvalue weighted by Crippen LogP contribution is -2.23. The summed E-state index contributed by atoms with van der Waals surface area (Å²) in [5, 5.41) is 24.1. The number of hydrogen-bond acceptors (Lipinski definition) is 6. The molecule has 0 amide bonds. The SMILES string of the molecule is CCOc1cc(/C=N\NC(N)=S)cc([N+](=O)[O-])c1O. The van der Waals surface area contributed by atoms with Gasteiger partial charge in [0.1, 0.15) is 0 Å². The molecule has 0 saturated carbocycles. The zero-order chi connectivity index (χ0) is 14.4. The molecule has 0 saturated heterocycles. The summed E-state index contributed by atoms with van der Waals surface area (Å²) in [7, 11) is 0. The number of thiocarbonyl (C=S) groups is 1. The second-order valence-corrected chi connectivity index (χ2v) is 3.75. The van der Waals surface area contributed by atoms with Crippen LogP contribution in [0.4, 0.5) is 5.69 Å². The number of nitro groups is 1. The Morgan fingerprint density at radius 2 is 2.42 bits per heavy atom. The van der Waals surface area contributed by atoms with E-state index in [1.165, 1.54) is 12.3 Å². The molecule has 0 spiro atoms. The molecule has 1 aromatic rings. The zero-order valence-corrected chi connectivity index (χ0v) is 10.8. The summed E-state index contributed by atoms with van der Waals surface area (Å²) in [6.07, 6.45) is 1.27. The highest BCUT2D eigenvalue weighted by molar-refractivity contribution is 7.80. The second kappa shape index (κ2) is 6.50. The van der Waals surface area contributed by atoms with E-state index in [1.807, 2.05) is 0 Å². The van der Waals surface area contributed by atoms with Crippen LogP contribution in [0.15, 0.2) is 17.2 Å². The quantitative estimate of drug-likeness (QED) is 0.317. The number of hydrogen-bond donors (Lipinski definition) is 3. The molecule has 0 unspecified atom stereocenters. The Morgan fingerprint density at radius 3 is 2.95 bits per heavy atom. The minimum atomic E-state index is -0.712. The van der Waals surface area contributed by atoms with Crippen molar-refractivity contribution in [2.75, 3.05) is 6.61 Å². The van der Waals surface area contributed by atoms with Gasteiger partial charge in [0.2, 0.25) is 5.75 Å². The number of phenols is 1. The van der Waals surface area contributed by atoms with Crippen LogP contribution in [-0.4, -0.2) is 28.0 Å². The summed E-state index contributed by atoms with van der Waals surface area (Å²) in [5.41, 5.74) is 7.37. The van der Waals surface area contributed by atoms with Gasteiger partial charge in [-0.2, -0.15) is 5.10 Å². The predicted molar refractivity (Wildman–Crippen MR) is 73.4 cm³/mol. The van der Waals surface area contributed by atoms with Crippen LogP contribution in [0, 0.1) is 10.1 Å². The largest absolute Gasteiger partial charge is 0.500 e. The van der Waals surface area contributed by atoms with E-state index in [-0.39, 0.29) is 17.5 Å². The Kier molecular flexibility index (Phi) is 5.01. The van der Waals surface area contributed by atoms with Crippen LogP contribution in [0.2, 0.25) is 0 Å². The number of nitrogens with zero attached hydrogens (tertiary/aromatic N) is 2. The monoisotopic (exact) mass is 284 g/mol. The fraction of sp³-hybridized carbons (Fsp3) is 0.200. The number of aromatic hydroxyl groups is 1. The predicted octanol–water partition coefficient (Wildman–Crippen LogP) is 0.866. The van der Waals surface area contributed by atoms with E-state index >= 15 is 0 Å². The molecule has 1 aromatic carbocycles. The lowest BCUT2D eigenvalue weighted by atomic mass is 10.2. The summed E-state index contributed by atoms with van der Waals surface area (Å²) < 4.78 is 5.11. The van der Waals surface area contributed by atoms with E-state index in [1.54, 1.807) is 6.92 Å². The molecule has 19 heavy (non-hydrogen) atoms. The minimum Gasteiger partial charge on any atom is -0.500 e. The third-order valence-electron chi connectivity index (χ3n) is 1.96. The van der Waals surface area contributed by atoms with Crippen molar-refractivity contribution in [1.29, 1.82) is 0 Å². The molecule has 9 heteroatoms. The van der Waals surface area contributed by atoms with Gasteiger partial charge in [-0.25, -0.2) is 0 Å². The summed E-state index contributed by atoms with van der Waals surface area (Å²) in [5.74, 6) is -0.514. The van der Waals surface area contributed by atoms with E-state index in [0.29, 0.717) is 5.56 Å². The molecule has 0 radical (unpaired) electrons. The molecule has 102 valence electrons. The van der Waals surface area contributed by atoms with Crippen molar-refractivity contribution in [2.45, 2.75) is 6.92 Å². The Balaban J connectivity index is 3.14. The third-order valence-corrected chi connectivity index (χ3v) is 2.05. The Morgan fingerprint density at radius 1 is 1.74 bits per heavy atom. The normalized spacial score (nSPS) is 10.4. The fourth-order valence-electron chi connectivity index (χ4n) is 1.26. The minimum absolute atomic E-state index is 0.00785. The summed E-state index contributed by atoms with van der Waals surface area (Å²) in [6, 6.07) is 2.57. The van der Waals surface area contributed by atoms with Crippen molar-refractivity contribution in [3.05, 3.63) is 27.8 Å². The van der Waals surface area contributed by atoms with Crippen LogP contribution in [0.5, 0.6) is 11.5 Å². The maximum atomic E-state index is 10.8. The summed E-state index contributed by atoms with van der Waals surface area (Å²) in [6.45, 7) is 1.96. The highest BCUT2D eigenvalue weighted by Gasteiger charge is 2.19. The van der Waals surface area contributed by atoms with Gasteiger partial charge < -0.3 is 15.6 Å². The number of rotatable bonds is 5. The van der Waals surface area contributed by atoms with Crippen LogP contribution in [0.3, 0.4) is 0 Å². The van der Waals surface area contributed by atoms with Crippen LogP contribution in [0.1, 0.15) is 12.5 Å². The maximum absolute atomic E-state index is 10.8. The molecule has 0 aliphatic carbocycles. The lowest BCUT2D eigenvalue weighted by molar-refractivity contribution is -0.386. The van der Waals surface area contributed by atoms with E-state index in [0.717, 1.165) is 6.07 Å². The Bertz CT molecular complexity index is 533. The average Bonchev–Trinajstić information content (AvgIpc) is 2.32. The molecule has 4 N–H and O–H groups in total. The number of benzene rings is 1. The van der Waals surface area contributed by atoms with Crippen molar-refractivity contribution >= 4 is 29.2 Å². The topological polar surface area (TPSA) is 123 Å². The highest BCUT2D eigenvalue weighted by atomic mass is 32.1. The standard InChI is InChI=1S/C10H12N4O4S/c1-2-18-8-4-6(5-12-13-10(11)19)3-7(9(8)15)14(16)17/h3-5,15H,2H2,1H3,(H3,11,13,19)/b12-5-. The molecular formula is C10H12N4O4S. The first-order chi connectivity index (χ1) is 8.95. The van der Waals surface area contributed by atoms with Gasteiger partial charge in [0.15, 0.2) is 10.9 Å². The Hall–Kier alpha value is -2.42. The molecule has 0 aromatic heterocycles. The van der Waals surface area contributed by atoms with Gasteiger partial charge in [-0.1, -0.05) is 0 Å². The first-order valence-corrected chi connectivity index (χ1v) is 5.59. The number of ether oxygens (including phenoxy) is 1. The van der Waals surface area contributed by atoms with E-state index in [2.05, 4.69) is 22.7 Å². The van der Waals surface area contributed by atoms with Gasteiger partial charge in [-0.3, -0.25) is 15.5 Å². The van der Waals surface area contributed by atoms with Crippen LogP contribution in [-0.2, 0) is 0 Å². The number of nitro benzene ring substituents is 1. The summed E-state index contributed by atoms with van der Waals surface area (Å²) in [4.78, 5) is 10.1. The van der Waals surface area contributed by atoms with Crippen molar-refractivity contribution in [3.8, 4) is 11.5 Å². The smallest absolute Gasteiger partial charge is 0.315 e. The second-order valence-electron chi connectivity index (χ2n) is 3.31. The fourth-order valence-corrected chi connectivity index (χ4v) is 1.32. The van der Waals surface area contributed by atoms with Gasteiger partial charge in [0, 0.05) is 11.6 Å². The Labute approximate surface area is 114 Å². The first-order valence-electron chi connectivity index (χ1n) is 5.18. The number of nitrogens with one attached hydrogen (secondary N) is 1. The van der Waals surface area contributed by atoms with E-state index < -0.39 is 16.4 Å². The highest BCUT2D eigenvalue weighted by Crippen LogP contribution is 2.36. The van der Waals surface area contributed by atoms with E-state index in [9.17, 15) is 15.2 Å². The lowest BCUT2D eigenvalue weighted by Gasteiger charge is -2.07. The third kappa shape index (κ3) is 4.07. The van der Waals surface area contributed by atoms with Crippen molar-refractivity contribution in [2.24, 2.45) is 10.8 Å². The van der Waals surface area contributed by atoms with Crippen LogP contribution in [0.25, 0.3) is 0 Å². The van der Waals surface area contributed by atoms with Crippen molar-refractivity contribution in [3.63, 3.8) is 0 Å². The summed E-state index contributed by atoms with van der Waals surface area (Å²) >= 11 is 4.55. The first kappa shape index (κ1) is 14.6. The van der Waals surface area contributed by atoms with Gasteiger partial charge in [0.25, 0.3) is 0 Å². The van der Waals surface area contributed by atoms with Gasteiger partial charge >= 0.3 is 5.69 Å². The molecule has 0 aliphatic rings. The van der Waals surface area contributed by atoms with Crippen molar-refractivity contribution < 1.29 is 14.8 Å². The molecule has 1 rings (SSSR count). The average molecular weight is 284 g/mol. The van der Waals surface area contributed by atoms with Crippen LogP contribution >= 0.6 is 12.2 Å². The number of phenolic OH excluding ortho intramolecular Hbond substituents is 1. The molecule has 0 heterocycles. The van der Waals surface area contributed by atoms with E-state index in [4.69, 9.17) is 10.5 Å². The molecular weight excluding hydrogens is 272 g/mol. The van der Waals surface area contributed by atoms with Gasteiger partial charge in [-0.15, -0.1) is 0 Å². The molecule has 0 fully saturated rings. The maximum Gasteiger partial charge on any atom is 0.315 e. The van der Waals surface area contributed by atoms with Gasteiger partial charge in [-0.05, 0) is 25.2 Å². The van der Waals surface area contributed by atoms with Crippen molar-refractivity contribution in [1.82, 2.24) is 5.43 Å². The molecule has 8 nitrogen and oxygen atoms in total. The van der Waals surface area contributed by atoms with Gasteiger partial charge in [0.05, 0.1) is 17.7 Å².